The van der Waals surface area contributed by atoms with Gasteiger partial charge < -0.3 is 10.1 Å². The molecule has 2 rings (SSSR count). The highest BCUT2D eigenvalue weighted by Crippen LogP contribution is 2.28. The van der Waals surface area contributed by atoms with Gasteiger partial charge in [-0.3, -0.25) is 4.79 Å². The summed E-state index contributed by atoms with van der Waals surface area (Å²) in [6.45, 7) is 4.14. The number of benzene rings is 2. The maximum Gasteiger partial charge on any atom is 0.261 e. The van der Waals surface area contributed by atoms with E-state index in [1.807, 2.05) is 31.2 Å². The number of amides is 1. The summed E-state index contributed by atoms with van der Waals surface area (Å²) in [6.07, 6.45) is -0.665. The molecule has 0 aliphatic carbocycles. The Balaban J connectivity index is 1.91. The second-order valence-corrected chi connectivity index (χ2v) is 5.88. The van der Waals surface area contributed by atoms with Gasteiger partial charge in [0, 0.05) is 17.6 Å². The molecule has 2 aromatic rings. The Labute approximate surface area is 140 Å². The molecule has 3 nitrogen and oxygen atoms in total. The number of carbonyl (C=O) groups excluding carboxylic acids is 1. The van der Waals surface area contributed by atoms with E-state index in [0.29, 0.717) is 22.3 Å². The molecule has 0 unspecified atom stereocenters. The molecule has 116 valence electrons. The Morgan fingerprint density at radius 1 is 1.18 bits per heavy atom. The first-order chi connectivity index (χ1) is 10.5. The summed E-state index contributed by atoms with van der Waals surface area (Å²) in [5, 5.41) is 3.76. The zero-order valence-electron chi connectivity index (χ0n) is 12.4. The van der Waals surface area contributed by atoms with Crippen LogP contribution in [0, 0.1) is 6.92 Å². The summed E-state index contributed by atoms with van der Waals surface area (Å²) < 4.78 is 5.57. The molecule has 1 amide bonds. The number of hydrogen-bond donors (Lipinski definition) is 1. The van der Waals surface area contributed by atoms with Gasteiger partial charge in [0.25, 0.3) is 5.91 Å². The summed E-state index contributed by atoms with van der Waals surface area (Å²) in [5.41, 5.74) is 2.22. The summed E-state index contributed by atoms with van der Waals surface area (Å²) >= 11 is 11.9. The third-order valence-corrected chi connectivity index (χ3v) is 3.70. The predicted octanol–water partition coefficient (Wildman–Crippen LogP) is 4.39. The lowest BCUT2D eigenvalue weighted by Crippen LogP contribution is -2.35. The molecule has 0 saturated carbocycles. The van der Waals surface area contributed by atoms with Crippen molar-refractivity contribution in [2.75, 3.05) is 0 Å². The number of nitrogens with one attached hydrogen (secondary N) is 1. The SMILES string of the molecule is Cc1ccc(CNC(=O)[C@@H](C)Oc2cc(Cl)ccc2Cl)cc1. The van der Waals surface area contributed by atoms with E-state index < -0.39 is 6.10 Å². The number of aryl methyl sites for hydroxylation is 1. The topological polar surface area (TPSA) is 38.3 Å². The van der Waals surface area contributed by atoms with E-state index in [4.69, 9.17) is 27.9 Å². The van der Waals surface area contributed by atoms with E-state index in [1.54, 1.807) is 25.1 Å². The molecule has 1 N–H and O–H groups in total. The second kappa shape index (κ2) is 7.52. The van der Waals surface area contributed by atoms with Crippen molar-refractivity contribution in [2.24, 2.45) is 0 Å². The number of carbonyl (C=O) groups is 1. The predicted molar refractivity (Wildman–Crippen MR) is 89.6 cm³/mol. The summed E-state index contributed by atoms with van der Waals surface area (Å²) in [5.74, 6) is 0.184. The maximum absolute atomic E-state index is 12.1. The van der Waals surface area contributed by atoms with Gasteiger partial charge in [-0.1, -0.05) is 53.0 Å². The third kappa shape index (κ3) is 4.65. The van der Waals surface area contributed by atoms with Gasteiger partial charge in [0.2, 0.25) is 0 Å². The van der Waals surface area contributed by atoms with Crippen molar-refractivity contribution in [3.63, 3.8) is 0 Å². The quantitative estimate of drug-likeness (QED) is 0.878. The first-order valence-electron chi connectivity index (χ1n) is 6.90. The summed E-state index contributed by atoms with van der Waals surface area (Å²) in [7, 11) is 0. The molecule has 0 aliphatic heterocycles. The number of rotatable bonds is 5. The average molecular weight is 338 g/mol. The van der Waals surface area contributed by atoms with Gasteiger partial charge in [-0.2, -0.15) is 0 Å². The van der Waals surface area contributed by atoms with Crippen LogP contribution in [0.15, 0.2) is 42.5 Å². The molecule has 0 bridgehead atoms. The minimum absolute atomic E-state index is 0.211. The van der Waals surface area contributed by atoms with Crippen LogP contribution < -0.4 is 10.1 Å². The number of halogens is 2. The highest BCUT2D eigenvalue weighted by molar-refractivity contribution is 6.34. The largest absolute Gasteiger partial charge is 0.479 e. The molecule has 0 saturated heterocycles. The average Bonchev–Trinajstić information content (AvgIpc) is 2.50. The van der Waals surface area contributed by atoms with E-state index in [-0.39, 0.29) is 5.91 Å². The van der Waals surface area contributed by atoms with Crippen molar-refractivity contribution < 1.29 is 9.53 Å². The molecule has 5 heteroatoms. The van der Waals surface area contributed by atoms with E-state index in [2.05, 4.69) is 5.32 Å². The van der Waals surface area contributed by atoms with E-state index in [9.17, 15) is 4.79 Å². The minimum Gasteiger partial charge on any atom is -0.479 e. The van der Waals surface area contributed by atoms with Crippen molar-refractivity contribution in [3.05, 3.63) is 63.6 Å². The van der Waals surface area contributed by atoms with Crippen LogP contribution in [0.1, 0.15) is 18.1 Å². The van der Waals surface area contributed by atoms with E-state index in [1.165, 1.54) is 5.56 Å². The minimum atomic E-state index is -0.665. The van der Waals surface area contributed by atoms with Crippen molar-refractivity contribution in [1.82, 2.24) is 5.32 Å². The van der Waals surface area contributed by atoms with Crippen LogP contribution in [0.4, 0.5) is 0 Å². The van der Waals surface area contributed by atoms with Gasteiger partial charge in [0.15, 0.2) is 6.10 Å². The smallest absolute Gasteiger partial charge is 0.261 e. The van der Waals surface area contributed by atoms with Crippen LogP contribution in [0.3, 0.4) is 0 Å². The van der Waals surface area contributed by atoms with E-state index in [0.717, 1.165) is 5.56 Å². The molecule has 0 spiro atoms. The first-order valence-corrected chi connectivity index (χ1v) is 7.66. The highest BCUT2D eigenvalue weighted by Gasteiger charge is 2.16. The maximum atomic E-state index is 12.1. The molecular weight excluding hydrogens is 321 g/mol. The van der Waals surface area contributed by atoms with Crippen molar-refractivity contribution in [2.45, 2.75) is 26.5 Å². The Morgan fingerprint density at radius 3 is 2.55 bits per heavy atom. The highest BCUT2D eigenvalue weighted by atomic mass is 35.5. The fourth-order valence-corrected chi connectivity index (χ4v) is 2.17. The Morgan fingerprint density at radius 2 is 1.86 bits per heavy atom. The van der Waals surface area contributed by atoms with Gasteiger partial charge in [0.05, 0.1) is 5.02 Å². The fourth-order valence-electron chi connectivity index (χ4n) is 1.85. The molecular formula is C17H17Cl2NO2. The first kappa shape index (κ1) is 16.7. The van der Waals surface area contributed by atoms with Crippen LogP contribution in [0.25, 0.3) is 0 Å². The molecule has 0 fully saturated rings. The monoisotopic (exact) mass is 337 g/mol. The molecule has 0 heterocycles. The van der Waals surface area contributed by atoms with Crippen LogP contribution >= 0.6 is 23.2 Å². The van der Waals surface area contributed by atoms with Crippen molar-refractivity contribution in [1.29, 1.82) is 0 Å². The zero-order chi connectivity index (χ0) is 16.1. The molecule has 0 aliphatic rings. The normalized spacial score (nSPS) is 11.8. The summed E-state index contributed by atoms with van der Waals surface area (Å²) in [6, 6.07) is 12.9. The van der Waals surface area contributed by atoms with Gasteiger partial charge in [-0.05, 0) is 31.5 Å². The number of hydrogen-bond acceptors (Lipinski definition) is 2. The standard InChI is InChI=1S/C17H17Cl2NO2/c1-11-3-5-13(6-4-11)10-20-17(21)12(2)22-16-9-14(18)7-8-15(16)19/h3-9,12H,10H2,1-2H3,(H,20,21)/t12-/m1/s1. The molecule has 0 radical (unpaired) electrons. The molecule has 1 atom stereocenters. The van der Waals surface area contributed by atoms with Gasteiger partial charge in [-0.15, -0.1) is 0 Å². The Hall–Kier alpha value is -1.71. The Kier molecular flexibility index (Phi) is 5.69. The van der Waals surface area contributed by atoms with E-state index >= 15 is 0 Å². The van der Waals surface area contributed by atoms with Crippen LogP contribution in [0.5, 0.6) is 5.75 Å². The Bertz CT molecular complexity index is 656. The second-order valence-electron chi connectivity index (χ2n) is 5.04. The van der Waals surface area contributed by atoms with Crippen molar-refractivity contribution >= 4 is 29.1 Å². The lowest BCUT2D eigenvalue weighted by Gasteiger charge is -2.16. The fraction of sp³-hybridized carbons (Fsp3) is 0.235. The lowest BCUT2D eigenvalue weighted by molar-refractivity contribution is -0.127. The van der Waals surface area contributed by atoms with Gasteiger partial charge >= 0.3 is 0 Å². The van der Waals surface area contributed by atoms with Gasteiger partial charge in [-0.25, -0.2) is 0 Å². The molecule has 22 heavy (non-hydrogen) atoms. The van der Waals surface area contributed by atoms with Crippen LogP contribution in [0.2, 0.25) is 10.0 Å². The van der Waals surface area contributed by atoms with Gasteiger partial charge in [0.1, 0.15) is 5.75 Å². The number of ether oxygens (including phenoxy) is 1. The summed E-state index contributed by atoms with van der Waals surface area (Å²) in [4.78, 5) is 12.1. The third-order valence-electron chi connectivity index (χ3n) is 3.15. The molecule has 0 aromatic heterocycles. The van der Waals surface area contributed by atoms with Crippen LogP contribution in [-0.4, -0.2) is 12.0 Å². The van der Waals surface area contributed by atoms with Crippen LogP contribution in [-0.2, 0) is 11.3 Å². The molecule has 2 aromatic carbocycles. The lowest BCUT2D eigenvalue weighted by atomic mass is 10.1. The zero-order valence-corrected chi connectivity index (χ0v) is 13.9. The van der Waals surface area contributed by atoms with Crippen molar-refractivity contribution in [3.8, 4) is 5.75 Å².